The van der Waals surface area contributed by atoms with Gasteiger partial charge in [0, 0.05) is 11.1 Å². The van der Waals surface area contributed by atoms with Crippen LogP contribution in [0.3, 0.4) is 0 Å². The van der Waals surface area contributed by atoms with Gasteiger partial charge in [-0.25, -0.2) is 0 Å². The second-order valence-electron chi connectivity index (χ2n) is 7.47. The third-order valence-electron chi connectivity index (χ3n) is 3.85. The van der Waals surface area contributed by atoms with E-state index in [1.54, 1.807) is 0 Å². The zero-order valence-corrected chi connectivity index (χ0v) is 13.4. The highest BCUT2D eigenvalue weighted by Crippen LogP contribution is 2.44. The van der Waals surface area contributed by atoms with Crippen molar-refractivity contribution in [2.45, 2.75) is 73.1 Å². The summed E-state index contributed by atoms with van der Waals surface area (Å²) >= 11 is 0. The van der Waals surface area contributed by atoms with Gasteiger partial charge in [-0.15, -0.1) is 0 Å². The summed E-state index contributed by atoms with van der Waals surface area (Å²) < 4.78 is 0. The van der Waals surface area contributed by atoms with Crippen LogP contribution in [0, 0.1) is 20.8 Å². The lowest BCUT2D eigenvalue weighted by molar-refractivity contribution is 0.420. The molecule has 1 rings (SSSR count). The molecule has 0 bridgehead atoms. The van der Waals surface area contributed by atoms with E-state index in [1.807, 2.05) is 0 Å². The molecule has 0 spiro atoms. The molecule has 1 N–H and O–H groups in total. The fraction of sp³-hybridized carbons (Fsp3) is 0.647. The molecule has 0 saturated heterocycles. The van der Waals surface area contributed by atoms with Crippen molar-refractivity contribution in [1.82, 2.24) is 0 Å². The van der Waals surface area contributed by atoms with Gasteiger partial charge in [-0.2, -0.15) is 0 Å². The van der Waals surface area contributed by atoms with Crippen LogP contribution < -0.4 is 0 Å². The van der Waals surface area contributed by atoms with Gasteiger partial charge in [0.1, 0.15) is 5.75 Å². The maximum Gasteiger partial charge on any atom is 0.187 e. The summed E-state index contributed by atoms with van der Waals surface area (Å²) in [5.41, 5.74) is 5.88. The van der Waals surface area contributed by atoms with Gasteiger partial charge >= 0.3 is 0 Å². The monoisotopic (exact) mass is 278 g/mol. The summed E-state index contributed by atoms with van der Waals surface area (Å²) in [4.78, 5) is 0. The highest BCUT2D eigenvalue weighted by Gasteiger charge is 2.30. The molecule has 0 radical (unpaired) electrons. The third-order valence-corrected chi connectivity index (χ3v) is 3.85. The highest BCUT2D eigenvalue weighted by molar-refractivity contribution is 5.75. The van der Waals surface area contributed by atoms with E-state index < -0.39 is 0 Å². The normalized spacial score (nSPS) is 12.3. The topological polar surface area (TPSA) is 20.2 Å². The molecule has 0 heterocycles. The smallest absolute Gasteiger partial charge is 0.187 e. The number of hydrogen-bond donors (Lipinski definition) is 1. The largest absolute Gasteiger partial charge is 0.507 e. The van der Waals surface area contributed by atoms with Crippen LogP contribution in [-0.4, -0.2) is 22.5 Å². The average molecular weight is 278 g/mol. The van der Waals surface area contributed by atoms with E-state index in [0.29, 0.717) is 5.75 Å². The number of hydrogen-bond acceptors (Lipinski definition) is 1. The summed E-state index contributed by atoms with van der Waals surface area (Å²) in [6, 6.07) is 0. The van der Waals surface area contributed by atoms with E-state index in [4.69, 9.17) is 0 Å². The zero-order chi connectivity index (χ0) is 14.5. The third kappa shape index (κ3) is 3.36. The Labute approximate surface area is 129 Å². The number of benzene rings is 1. The molecule has 1 aromatic rings. The predicted octanol–water partition coefficient (Wildman–Crippen LogP) is 3.73. The molecule has 1 nitrogen and oxygen atoms in total. The first kappa shape index (κ1) is 18.6. The second-order valence-corrected chi connectivity index (χ2v) is 7.47. The molecule has 0 fully saturated rings. The van der Waals surface area contributed by atoms with Crippen molar-refractivity contribution in [2.24, 2.45) is 0 Å². The molecule has 2 heteroatoms. The Bertz CT molecular complexity index is 433. The summed E-state index contributed by atoms with van der Waals surface area (Å²) in [6.07, 6.45) is 0. The summed E-state index contributed by atoms with van der Waals surface area (Å²) in [7, 11) is 0. The van der Waals surface area contributed by atoms with E-state index in [-0.39, 0.29) is 28.2 Å². The molecule has 19 heavy (non-hydrogen) atoms. The maximum absolute atomic E-state index is 10.7. The molecule has 0 aliphatic heterocycles. The van der Waals surface area contributed by atoms with E-state index in [2.05, 4.69) is 62.3 Å². The van der Waals surface area contributed by atoms with Gasteiger partial charge in [-0.3, -0.25) is 0 Å². The molecule has 1 aromatic carbocycles. The molecule has 0 saturated carbocycles. The summed E-state index contributed by atoms with van der Waals surface area (Å²) in [6.45, 7) is 19.4. The second kappa shape index (κ2) is 5.51. The van der Waals surface area contributed by atoms with Crippen molar-refractivity contribution in [3.63, 3.8) is 0 Å². The first-order chi connectivity index (χ1) is 7.89. The Balaban J connectivity index is 0.00000324. The lowest BCUT2D eigenvalue weighted by atomic mass is 9.74. The first-order valence-corrected chi connectivity index (χ1v) is 6.72. The molecule has 0 aromatic heterocycles. The Kier molecular flexibility index (Phi) is 5.38. The number of aromatic hydroxyl groups is 1. The fourth-order valence-corrected chi connectivity index (χ4v) is 2.97. The number of rotatable bonds is 0. The van der Waals surface area contributed by atoms with Crippen molar-refractivity contribution >= 4 is 17.4 Å². The Morgan fingerprint density at radius 3 is 1.11 bits per heavy atom. The van der Waals surface area contributed by atoms with Gasteiger partial charge in [-0.05, 0) is 48.3 Å². The van der Waals surface area contributed by atoms with E-state index in [1.165, 1.54) is 16.7 Å². The van der Waals surface area contributed by atoms with Crippen LogP contribution in [0.2, 0.25) is 0 Å². The minimum Gasteiger partial charge on any atom is -0.507 e. The van der Waals surface area contributed by atoms with Crippen LogP contribution in [0.1, 0.15) is 69.4 Å². The maximum atomic E-state index is 10.7. The van der Waals surface area contributed by atoms with Crippen LogP contribution in [0.5, 0.6) is 5.75 Å². The number of phenolic OH excluding ortho intramolecular Hbond substituents is 1. The Morgan fingerprint density at radius 1 is 0.632 bits per heavy atom. The van der Waals surface area contributed by atoms with Crippen LogP contribution in [0.25, 0.3) is 0 Å². The van der Waals surface area contributed by atoms with Crippen LogP contribution in [0.4, 0.5) is 0 Å². The Morgan fingerprint density at radius 2 is 0.895 bits per heavy atom. The van der Waals surface area contributed by atoms with Gasteiger partial charge in [0.15, 0.2) is 17.4 Å². The van der Waals surface area contributed by atoms with Crippen LogP contribution in [-0.2, 0) is 10.8 Å². The van der Waals surface area contributed by atoms with Crippen LogP contribution >= 0.6 is 0 Å². The predicted molar refractivity (Wildman–Crippen MR) is 89.7 cm³/mol. The minimum atomic E-state index is -0.0351. The standard InChI is InChI=1S/C17H28O.Al.3H/c1-10-11(2)13(16(4,5)6)15(18)14(12(10)3)17(7,8)9;;;;/h18H,1-9H3;;;;. The van der Waals surface area contributed by atoms with Crippen molar-refractivity contribution in [2.75, 3.05) is 0 Å². The van der Waals surface area contributed by atoms with Crippen molar-refractivity contribution < 1.29 is 5.11 Å². The zero-order valence-electron chi connectivity index (χ0n) is 13.4. The van der Waals surface area contributed by atoms with E-state index >= 15 is 0 Å². The Hall–Kier alpha value is -0.448. The molecule has 0 unspecified atom stereocenters. The molecular weight excluding hydrogens is 247 g/mol. The average Bonchev–Trinajstić information content (AvgIpc) is 2.09. The van der Waals surface area contributed by atoms with Crippen molar-refractivity contribution in [3.8, 4) is 5.75 Å². The van der Waals surface area contributed by atoms with Gasteiger partial charge in [0.25, 0.3) is 0 Å². The molecular formula is C17H31AlO. The fourth-order valence-electron chi connectivity index (χ4n) is 2.97. The van der Waals surface area contributed by atoms with Gasteiger partial charge < -0.3 is 5.11 Å². The van der Waals surface area contributed by atoms with Gasteiger partial charge in [-0.1, -0.05) is 41.5 Å². The SMILES string of the molecule is Cc1c(C)c(C(C)(C)C)c(O)c(C(C)(C)C)c1C.[AlH3]. The lowest BCUT2D eigenvalue weighted by Gasteiger charge is -2.32. The van der Waals surface area contributed by atoms with E-state index in [9.17, 15) is 5.11 Å². The molecule has 0 amide bonds. The first-order valence-electron chi connectivity index (χ1n) is 6.72. The molecule has 0 aliphatic rings. The highest BCUT2D eigenvalue weighted by atomic mass is 27.0. The summed E-state index contributed by atoms with van der Waals surface area (Å²) in [5, 5.41) is 10.7. The quantitative estimate of drug-likeness (QED) is 0.717. The molecule has 108 valence electrons. The van der Waals surface area contributed by atoms with Gasteiger partial charge in [0.05, 0.1) is 0 Å². The lowest BCUT2D eigenvalue weighted by Crippen LogP contribution is -2.21. The van der Waals surface area contributed by atoms with Crippen molar-refractivity contribution in [3.05, 3.63) is 27.8 Å². The summed E-state index contributed by atoms with van der Waals surface area (Å²) in [5.74, 6) is 0.496. The van der Waals surface area contributed by atoms with Gasteiger partial charge in [0.2, 0.25) is 0 Å². The van der Waals surface area contributed by atoms with E-state index in [0.717, 1.165) is 11.1 Å². The van der Waals surface area contributed by atoms with Crippen LogP contribution in [0.15, 0.2) is 0 Å². The minimum absolute atomic E-state index is 0. The molecule has 0 atom stereocenters. The van der Waals surface area contributed by atoms with Crippen molar-refractivity contribution in [1.29, 1.82) is 0 Å². The molecule has 0 aliphatic carbocycles. The number of phenols is 1.